The van der Waals surface area contributed by atoms with Crippen LogP contribution in [0.1, 0.15) is 35.7 Å². The van der Waals surface area contributed by atoms with Crippen LogP contribution < -0.4 is 10.6 Å². The van der Waals surface area contributed by atoms with Gasteiger partial charge in [-0.2, -0.15) is 0 Å². The zero-order valence-corrected chi connectivity index (χ0v) is 10.3. The monoisotopic (exact) mass is 232 g/mol. The number of rotatable bonds is 4. The number of aryl methyl sites for hydroxylation is 1. The zero-order chi connectivity index (χ0) is 12.1. The lowest BCUT2D eigenvalue weighted by atomic mass is 10.1. The van der Waals surface area contributed by atoms with Crippen molar-refractivity contribution < 1.29 is 4.79 Å². The largest absolute Gasteiger partial charge is 0.348 e. The van der Waals surface area contributed by atoms with Crippen molar-refractivity contribution in [3.63, 3.8) is 0 Å². The molecule has 3 nitrogen and oxygen atoms in total. The Bertz CT molecular complexity index is 366. The highest BCUT2D eigenvalue weighted by molar-refractivity contribution is 5.94. The second kappa shape index (κ2) is 5.82. The molecular weight excluding hydrogens is 212 g/mol. The minimum Gasteiger partial charge on any atom is -0.348 e. The summed E-state index contributed by atoms with van der Waals surface area (Å²) in [4.78, 5) is 11.9. The normalized spacial score (nSPS) is 19.2. The predicted octanol–water partition coefficient (Wildman–Crippen LogP) is 1.73. The molecule has 0 spiro atoms. The van der Waals surface area contributed by atoms with Gasteiger partial charge in [0.15, 0.2) is 0 Å². The van der Waals surface area contributed by atoms with Crippen LogP contribution in [0.4, 0.5) is 0 Å². The van der Waals surface area contributed by atoms with Crippen molar-refractivity contribution in [2.75, 3.05) is 13.1 Å². The third-order valence-electron chi connectivity index (χ3n) is 3.15. The van der Waals surface area contributed by atoms with Gasteiger partial charge in [0.25, 0.3) is 5.91 Å². The van der Waals surface area contributed by atoms with E-state index in [4.69, 9.17) is 0 Å². The lowest BCUT2D eigenvalue weighted by Crippen LogP contribution is -2.36. The molecule has 1 aliphatic heterocycles. The predicted molar refractivity (Wildman–Crippen MR) is 69.2 cm³/mol. The van der Waals surface area contributed by atoms with Crippen molar-refractivity contribution in [1.82, 2.24) is 10.6 Å². The van der Waals surface area contributed by atoms with Crippen molar-refractivity contribution in [3.8, 4) is 0 Å². The second-order valence-corrected chi connectivity index (χ2v) is 4.61. The number of amides is 1. The van der Waals surface area contributed by atoms with E-state index in [1.54, 1.807) is 0 Å². The van der Waals surface area contributed by atoms with Gasteiger partial charge in [0.2, 0.25) is 0 Å². The topological polar surface area (TPSA) is 41.1 Å². The molecule has 0 radical (unpaired) electrons. The van der Waals surface area contributed by atoms with Gasteiger partial charge in [0.1, 0.15) is 0 Å². The van der Waals surface area contributed by atoms with Crippen LogP contribution in [0.25, 0.3) is 0 Å². The van der Waals surface area contributed by atoms with Gasteiger partial charge in [-0.25, -0.2) is 0 Å². The molecule has 1 unspecified atom stereocenters. The summed E-state index contributed by atoms with van der Waals surface area (Å²) >= 11 is 0. The number of benzene rings is 1. The average Bonchev–Trinajstić information content (AvgIpc) is 2.83. The van der Waals surface area contributed by atoms with E-state index in [2.05, 4.69) is 17.6 Å². The van der Waals surface area contributed by atoms with Crippen molar-refractivity contribution in [2.24, 2.45) is 0 Å². The Morgan fingerprint density at radius 2 is 2.18 bits per heavy atom. The summed E-state index contributed by atoms with van der Waals surface area (Å²) < 4.78 is 0. The average molecular weight is 232 g/mol. The summed E-state index contributed by atoms with van der Waals surface area (Å²) in [7, 11) is 0. The lowest BCUT2D eigenvalue weighted by molar-refractivity contribution is 0.0940. The van der Waals surface area contributed by atoms with Crippen molar-refractivity contribution >= 4 is 5.91 Å². The number of hydrogen-bond acceptors (Lipinski definition) is 2. The van der Waals surface area contributed by atoms with E-state index in [-0.39, 0.29) is 11.9 Å². The highest BCUT2D eigenvalue weighted by atomic mass is 16.1. The van der Waals surface area contributed by atoms with E-state index in [0.717, 1.165) is 37.9 Å². The third kappa shape index (κ3) is 3.30. The van der Waals surface area contributed by atoms with Crippen LogP contribution in [0.2, 0.25) is 0 Å². The molecule has 0 aromatic heterocycles. The molecule has 1 aromatic carbocycles. The van der Waals surface area contributed by atoms with Crippen LogP contribution in [-0.2, 0) is 6.42 Å². The summed E-state index contributed by atoms with van der Waals surface area (Å²) in [6.45, 7) is 4.05. The quantitative estimate of drug-likeness (QED) is 0.830. The first-order valence-electron chi connectivity index (χ1n) is 6.40. The van der Waals surface area contributed by atoms with Crippen LogP contribution >= 0.6 is 0 Å². The first-order valence-corrected chi connectivity index (χ1v) is 6.40. The Hall–Kier alpha value is -1.35. The molecule has 0 saturated carbocycles. The summed E-state index contributed by atoms with van der Waals surface area (Å²) in [5, 5.41) is 6.29. The fourth-order valence-corrected chi connectivity index (χ4v) is 2.16. The fraction of sp³-hybridized carbons (Fsp3) is 0.500. The van der Waals surface area contributed by atoms with Crippen LogP contribution in [0.15, 0.2) is 24.3 Å². The molecule has 1 heterocycles. The second-order valence-electron chi connectivity index (χ2n) is 4.61. The highest BCUT2D eigenvalue weighted by Gasteiger charge is 2.17. The Labute approximate surface area is 103 Å². The maximum atomic E-state index is 11.9. The summed E-state index contributed by atoms with van der Waals surface area (Å²) in [6, 6.07) is 8.22. The first kappa shape index (κ1) is 12.1. The summed E-state index contributed by atoms with van der Waals surface area (Å²) in [5.74, 6) is 0.0433. The molecule has 1 fully saturated rings. The van der Waals surface area contributed by atoms with Gasteiger partial charge < -0.3 is 10.6 Å². The van der Waals surface area contributed by atoms with E-state index in [9.17, 15) is 4.79 Å². The number of carbonyl (C=O) groups excluding carboxylic acids is 1. The molecular formula is C14H20N2O. The molecule has 0 aliphatic carbocycles. The van der Waals surface area contributed by atoms with Crippen LogP contribution in [0, 0.1) is 0 Å². The molecule has 1 saturated heterocycles. The minimum absolute atomic E-state index is 0.0433. The molecule has 2 N–H and O–H groups in total. The standard InChI is InChI=1S/C14H20N2O/c1-2-3-11-4-6-12(7-5-11)14(17)16-13-8-9-15-10-13/h4-7,13,15H,2-3,8-10H2,1H3,(H,16,17). The molecule has 17 heavy (non-hydrogen) atoms. The highest BCUT2D eigenvalue weighted by Crippen LogP contribution is 2.07. The Balaban J connectivity index is 1.93. The number of nitrogens with one attached hydrogen (secondary N) is 2. The first-order chi connectivity index (χ1) is 8.29. The molecule has 1 aromatic rings. The van der Waals surface area contributed by atoms with Gasteiger partial charge in [-0.1, -0.05) is 25.5 Å². The SMILES string of the molecule is CCCc1ccc(C(=O)NC2CCNC2)cc1. The molecule has 2 rings (SSSR count). The van der Waals surface area contributed by atoms with Gasteiger partial charge in [-0.3, -0.25) is 4.79 Å². The summed E-state index contributed by atoms with van der Waals surface area (Å²) in [6.07, 6.45) is 3.24. The van der Waals surface area contributed by atoms with Crippen molar-refractivity contribution in [3.05, 3.63) is 35.4 Å². The maximum Gasteiger partial charge on any atom is 0.251 e. The van der Waals surface area contributed by atoms with Gasteiger partial charge in [0, 0.05) is 18.2 Å². The van der Waals surface area contributed by atoms with E-state index in [1.165, 1.54) is 5.56 Å². The fourth-order valence-electron chi connectivity index (χ4n) is 2.16. The van der Waals surface area contributed by atoms with Crippen molar-refractivity contribution in [1.29, 1.82) is 0 Å². The van der Waals surface area contributed by atoms with E-state index in [1.807, 2.05) is 24.3 Å². The third-order valence-corrected chi connectivity index (χ3v) is 3.15. The minimum atomic E-state index is 0.0433. The van der Waals surface area contributed by atoms with Gasteiger partial charge in [0.05, 0.1) is 0 Å². The van der Waals surface area contributed by atoms with Crippen LogP contribution in [-0.4, -0.2) is 25.0 Å². The van der Waals surface area contributed by atoms with Gasteiger partial charge >= 0.3 is 0 Å². The number of hydrogen-bond donors (Lipinski definition) is 2. The van der Waals surface area contributed by atoms with Crippen molar-refractivity contribution in [2.45, 2.75) is 32.2 Å². The van der Waals surface area contributed by atoms with E-state index in [0.29, 0.717) is 0 Å². The summed E-state index contributed by atoms with van der Waals surface area (Å²) in [5.41, 5.74) is 2.06. The molecule has 0 bridgehead atoms. The zero-order valence-electron chi connectivity index (χ0n) is 10.3. The molecule has 3 heteroatoms. The van der Waals surface area contributed by atoms with Gasteiger partial charge in [-0.15, -0.1) is 0 Å². The lowest BCUT2D eigenvalue weighted by Gasteiger charge is -2.11. The van der Waals surface area contributed by atoms with E-state index < -0.39 is 0 Å². The Morgan fingerprint density at radius 3 is 2.76 bits per heavy atom. The maximum absolute atomic E-state index is 11.9. The van der Waals surface area contributed by atoms with Crippen LogP contribution in [0.5, 0.6) is 0 Å². The smallest absolute Gasteiger partial charge is 0.251 e. The van der Waals surface area contributed by atoms with Gasteiger partial charge in [-0.05, 0) is 37.1 Å². The van der Waals surface area contributed by atoms with Crippen LogP contribution in [0.3, 0.4) is 0 Å². The molecule has 1 aliphatic rings. The molecule has 1 atom stereocenters. The Morgan fingerprint density at radius 1 is 1.41 bits per heavy atom. The van der Waals surface area contributed by atoms with E-state index >= 15 is 0 Å². The molecule has 1 amide bonds. The Kier molecular flexibility index (Phi) is 4.15. The number of carbonyl (C=O) groups is 1. The molecule has 92 valence electrons.